The van der Waals surface area contributed by atoms with E-state index < -0.39 is 11.6 Å². The maximum Gasteiger partial charge on any atom is 0.258 e. The van der Waals surface area contributed by atoms with Crippen molar-refractivity contribution >= 4 is 17.1 Å². The van der Waals surface area contributed by atoms with E-state index in [0.29, 0.717) is 17.2 Å². The van der Waals surface area contributed by atoms with Gasteiger partial charge in [0.05, 0.1) is 23.3 Å². The van der Waals surface area contributed by atoms with Crippen LogP contribution in [-0.2, 0) is 0 Å². The number of carbonyl (C=O) groups excluding carboxylic acids is 1. The maximum absolute atomic E-state index is 14.5. The third-order valence-corrected chi connectivity index (χ3v) is 6.95. The number of carbonyl (C=O) groups is 1. The van der Waals surface area contributed by atoms with Gasteiger partial charge in [-0.15, -0.1) is 0 Å². The van der Waals surface area contributed by atoms with Crippen molar-refractivity contribution in [2.24, 2.45) is 0 Å². The number of benzene rings is 1. The van der Waals surface area contributed by atoms with Crippen molar-refractivity contribution in [2.75, 3.05) is 24.5 Å². The van der Waals surface area contributed by atoms with Crippen LogP contribution in [-0.4, -0.2) is 52.1 Å². The van der Waals surface area contributed by atoms with Gasteiger partial charge in [0, 0.05) is 49.2 Å². The van der Waals surface area contributed by atoms with E-state index in [1.807, 2.05) is 23.2 Å². The molecule has 0 aliphatic carbocycles. The molecule has 6 rings (SSSR count). The van der Waals surface area contributed by atoms with E-state index in [1.54, 1.807) is 10.7 Å². The zero-order valence-corrected chi connectivity index (χ0v) is 17.0. The summed E-state index contributed by atoms with van der Waals surface area (Å²) in [5, 5.41) is 7.79. The number of halogens is 2. The Hall–Kier alpha value is -3.00. The van der Waals surface area contributed by atoms with Crippen molar-refractivity contribution in [3.05, 3.63) is 65.5 Å². The summed E-state index contributed by atoms with van der Waals surface area (Å²) in [4.78, 5) is 17.3. The van der Waals surface area contributed by atoms with Gasteiger partial charge in [-0.05, 0) is 49.6 Å². The van der Waals surface area contributed by atoms with Crippen LogP contribution in [0.5, 0.6) is 0 Å². The number of nitrogens with zero attached hydrogens (tertiary/aromatic N) is 4. The molecule has 2 aromatic heterocycles. The number of aromatic nitrogens is 2. The van der Waals surface area contributed by atoms with E-state index in [-0.39, 0.29) is 18.0 Å². The molecule has 0 radical (unpaired) electrons. The Morgan fingerprint density at radius 3 is 2.90 bits per heavy atom. The number of amides is 1. The molecule has 3 unspecified atom stereocenters. The first-order valence-electron chi connectivity index (χ1n) is 10.8. The Kier molecular flexibility index (Phi) is 4.24. The van der Waals surface area contributed by atoms with Crippen molar-refractivity contribution in [2.45, 2.75) is 37.4 Å². The van der Waals surface area contributed by atoms with Gasteiger partial charge in [0.1, 0.15) is 11.6 Å². The molecule has 2 bridgehead atoms. The van der Waals surface area contributed by atoms with Crippen LogP contribution in [0.4, 0.5) is 14.5 Å². The number of hydrogen-bond acceptors (Lipinski definition) is 4. The van der Waals surface area contributed by atoms with Crippen molar-refractivity contribution in [3.8, 4) is 0 Å². The molecule has 8 heteroatoms. The number of likely N-dealkylation sites (tertiary alicyclic amines) is 1. The van der Waals surface area contributed by atoms with Crippen LogP contribution in [0.3, 0.4) is 0 Å². The van der Waals surface area contributed by atoms with E-state index in [0.717, 1.165) is 56.2 Å². The predicted molar refractivity (Wildman–Crippen MR) is 112 cm³/mol. The van der Waals surface area contributed by atoms with E-state index in [1.165, 1.54) is 12.1 Å². The van der Waals surface area contributed by atoms with Gasteiger partial charge in [-0.3, -0.25) is 4.79 Å². The van der Waals surface area contributed by atoms with Gasteiger partial charge in [-0.2, -0.15) is 5.10 Å². The fourth-order valence-corrected chi connectivity index (χ4v) is 5.45. The minimum atomic E-state index is -0.434. The normalized spacial score (nSPS) is 25.2. The number of anilines is 1. The highest BCUT2D eigenvalue weighted by molar-refractivity contribution is 6.01. The number of pyridine rings is 1. The monoisotopic (exact) mass is 423 g/mol. The third kappa shape index (κ3) is 3.00. The van der Waals surface area contributed by atoms with Crippen LogP contribution in [0.25, 0.3) is 5.52 Å². The topological polar surface area (TPSA) is 52.9 Å². The number of fused-ring (bicyclic) bond motifs is 3. The van der Waals surface area contributed by atoms with E-state index in [2.05, 4.69) is 15.3 Å². The zero-order valence-electron chi connectivity index (χ0n) is 17.0. The quantitative estimate of drug-likeness (QED) is 0.703. The van der Waals surface area contributed by atoms with Gasteiger partial charge in [0.2, 0.25) is 0 Å². The molecular formula is C23H23F2N5O. The standard InChI is InChI=1S/C23H23F2N5O/c24-14-3-4-20(25)18(8-14)21-2-1-6-28(21)16-5-7-30-22(10-16)19(12-27-30)23(31)29-13-15-9-17(29)11-26-15/h3-5,7-8,10,12,15,17,21,26H,1-2,6,9,11,13H2. The fraction of sp³-hybridized carbons (Fsp3) is 0.391. The first-order chi connectivity index (χ1) is 15.1. The van der Waals surface area contributed by atoms with Gasteiger partial charge in [0.25, 0.3) is 5.91 Å². The maximum atomic E-state index is 14.5. The fourth-order valence-electron chi connectivity index (χ4n) is 5.45. The predicted octanol–water partition coefficient (Wildman–Crippen LogP) is 3.14. The zero-order chi connectivity index (χ0) is 21.1. The van der Waals surface area contributed by atoms with Gasteiger partial charge >= 0.3 is 0 Å². The molecule has 3 fully saturated rings. The minimum Gasteiger partial charge on any atom is -0.364 e. The second kappa shape index (κ2) is 7.02. The van der Waals surface area contributed by atoms with Crippen LogP contribution >= 0.6 is 0 Å². The number of rotatable bonds is 3. The molecule has 31 heavy (non-hydrogen) atoms. The molecule has 3 atom stereocenters. The third-order valence-electron chi connectivity index (χ3n) is 6.95. The molecule has 1 aromatic carbocycles. The average molecular weight is 423 g/mol. The summed E-state index contributed by atoms with van der Waals surface area (Å²) >= 11 is 0. The first-order valence-corrected chi connectivity index (χ1v) is 10.8. The Morgan fingerprint density at radius 1 is 1.19 bits per heavy atom. The van der Waals surface area contributed by atoms with Crippen LogP contribution in [0.2, 0.25) is 0 Å². The molecule has 3 aliphatic rings. The smallest absolute Gasteiger partial charge is 0.258 e. The second-order valence-electron chi connectivity index (χ2n) is 8.74. The van der Waals surface area contributed by atoms with Gasteiger partial charge in [0.15, 0.2) is 0 Å². The Bertz CT molecular complexity index is 1180. The molecule has 3 saturated heterocycles. The van der Waals surface area contributed by atoms with Crippen LogP contribution in [0.15, 0.2) is 42.7 Å². The van der Waals surface area contributed by atoms with E-state index in [4.69, 9.17) is 0 Å². The average Bonchev–Trinajstić information content (AvgIpc) is 3.57. The number of hydrogen-bond donors (Lipinski definition) is 1. The number of nitrogens with one attached hydrogen (secondary N) is 1. The highest BCUT2D eigenvalue weighted by atomic mass is 19.1. The highest BCUT2D eigenvalue weighted by Crippen LogP contribution is 2.38. The largest absolute Gasteiger partial charge is 0.364 e. The van der Waals surface area contributed by atoms with Crippen molar-refractivity contribution in [3.63, 3.8) is 0 Å². The van der Waals surface area contributed by atoms with E-state index >= 15 is 0 Å². The van der Waals surface area contributed by atoms with E-state index in [9.17, 15) is 13.6 Å². The summed E-state index contributed by atoms with van der Waals surface area (Å²) < 4.78 is 30.0. The molecule has 0 saturated carbocycles. The van der Waals surface area contributed by atoms with Crippen LogP contribution < -0.4 is 10.2 Å². The Morgan fingerprint density at radius 2 is 2.10 bits per heavy atom. The van der Waals surface area contributed by atoms with Crippen molar-refractivity contribution in [1.82, 2.24) is 19.8 Å². The molecular weight excluding hydrogens is 400 g/mol. The van der Waals surface area contributed by atoms with Gasteiger partial charge in [-0.1, -0.05) is 0 Å². The summed E-state index contributed by atoms with van der Waals surface area (Å²) in [6.07, 6.45) is 6.11. The lowest BCUT2D eigenvalue weighted by molar-refractivity contribution is 0.0718. The van der Waals surface area contributed by atoms with Crippen LogP contribution in [0.1, 0.15) is 41.2 Å². The first kappa shape index (κ1) is 18.7. The van der Waals surface area contributed by atoms with Gasteiger partial charge in [-0.25, -0.2) is 13.3 Å². The molecule has 6 nitrogen and oxygen atoms in total. The molecule has 0 spiro atoms. The lowest BCUT2D eigenvalue weighted by atomic mass is 10.0. The molecule has 3 aromatic rings. The lowest BCUT2D eigenvalue weighted by Gasteiger charge is -2.28. The summed E-state index contributed by atoms with van der Waals surface area (Å²) in [5.74, 6) is -0.815. The summed E-state index contributed by atoms with van der Waals surface area (Å²) in [7, 11) is 0. The minimum absolute atomic E-state index is 0.00953. The SMILES string of the molecule is O=C(c1cnn2ccc(N3CCCC3c3cc(F)ccc3F)cc12)N1CC2CC1CN2. The molecule has 1 amide bonds. The van der Waals surface area contributed by atoms with Crippen LogP contribution in [0, 0.1) is 11.6 Å². The second-order valence-corrected chi connectivity index (χ2v) is 8.74. The molecule has 1 N–H and O–H groups in total. The molecule has 5 heterocycles. The highest BCUT2D eigenvalue weighted by Gasteiger charge is 2.41. The van der Waals surface area contributed by atoms with Gasteiger partial charge < -0.3 is 15.1 Å². The Balaban J connectivity index is 1.35. The van der Waals surface area contributed by atoms with Crippen molar-refractivity contribution < 1.29 is 13.6 Å². The summed E-state index contributed by atoms with van der Waals surface area (Å²) in [5.41, 5.74) is 2.59. The summed E-state index contributed by atoms with van der Waals surface area (Å²) in [6, 6.07) is 7.90. The van der Waals surface area contributed by atoms with Crippen molar-refractivity contribution in [1.29, 1.82) is 0 Å². The summed E-state index contributed by atoms with van der Waals surface area (Å²) in [6.45, 7) is 2.32. The lowest BCUT2D eigenvalue weighted by Crippen LogP contribution is -2.46. The molecule has 3 aliphatic heterocycles. The number of piperazine rings is 1. The molecule has 160 valence electrons. The Labute approximate surface area is 178 Å².